The van der Waals surface area contributed by atoms with Gasteiger partial charge >= 0.3 is 0 Å². The maximum Gasteiger partial charge on any atom is 0.138 e. The number of phenolic OH excluding ortho intramolecular Hbond substituents is 1. The molecular formula is C26H14Br2N4O. The molecule has 5 aliphatic heterocycles. The minimum Gasteiger partial charge on any atom is -0.506 e. The van der Waals surface area contributed by atoms with Crippen LogP contribution in [0.15, 0.2) is 131 Å². The number of hydrogen-bond donors (Lipinski definition) is 1. The molecule has 1 aromatic rings. The molecule has 0 unspecified atom stereocenters. The molecule has 1 aromatic carbocycles. The van der Waals surface area contributed by atoms with E-state index in [0.29, 0.717) is 10.0 Å². The summed E-state index contributed by atoms with van der Waals surface area (Å²) in [5.74, 6) is 0.148. The smallest absolute Gasteiger partial charge is 0.138 e. The molecule has 0 saturated heterocycles. The third-order valence-electron chi connectivity index (χ3n) is 5.40. The molecule has 5 aliphatic rings. The number of hydrogen-bond acceptors (Lipinski definition) is 5. The van der Waals surface area contributed by atoms with Crippen LogP contribution < -0.4 is 0 Å². The first-order valence-electron chi connectivity index (χ1n) is 10.2. The molecular weight excluding hydrogens is 544 g/mol. The van der Waals surface area contributed by atoms with Crippen molar-refractivity contribution >= 4 is 60.3 Å². The minimum atomic E-state index is 0.148. The molecule has 0 radical (unpaired) electrons. The van der Waals surface area contributed by atoms with E-state index < -0.39 is 0 Å². The summed E-state index contributed by atoms with van der Waals surface area (Å²) in [6.45, 7) is 0. The second-order valence-corrected chi connectivity index (χ2v) is 9.35. The average Bonchev–Trinajstić information content (AvgIpc) is 3.58. The van der Waals surface area contributed by atoms with E-state index in [-0.39, 0.29) is 5.75 Å². The molecule has 0 amide bonds. The lowest BCUT2D eigenvalue weighted by molar-refractivity contribution is 0.470. The van der Waals surface area contributed by atoms with Crippen molar-refractivity contribution in [3.63, 3.8) is 0 Å². The van der Waals surface area contributed by atoms with E-state index in [1.54, 1.807) is 0 Å². The van der Waals surface area contributed by atoms with E-state index in [2.05, 4.69) is 41.8 Å². The Morgan fingerprint density at radius 3 is 1.73 bits per heavy atom. The number of phenols is 1. The van der Waals surface area contributed by atoms with E-state index >= 15 is 0 Å². The first kappa shape index (κ1) is 20.2. The van der Waals surface area contributed by atoms with E-state index in [1.807, 2.05) is 79.0 Å². The molecule has 158 valence electrons. The van der Waals surface area contributed by atoms with Gasteiger partial charge in [-0.2, -0.15) is 0 Å². The number of aliphatic imine (C=N–C) groups is 4. The van der Waals surface area contributed by atoms with Gasteiger partial charge in [0.25, 0.3) is 0 Å². The summed E-state index contributed by atoms with van der Waals surface area (Å²) in [5, 5.41) is 10.8. The van der Waals surface area contributed by atoms with Crippen molar-refractivity contribution in [2.75, 3.05) is 0 Å². The van der Waals surface area contributed by atoms with E-state index in [4.69, 9.17) is 9.98 Å². The molecule has 8 bridgehead atoms. The number of aromatic hydroxyl groups is 1. The van der Waals surface area contributed by atoms with E-state index in [0.717, 1.165) is 55.7 Å². The predicted molar refractivity (Wildman–Crippen MR) is 141 cm³/mol. The summed E-state index contributed by atoms with van der Waals surface area (Å²) < 4.78 is 1.37. The van der Waals surface area contributed by atoms with Crippen molar-refractivity contribution in [1.82, 2.24) is 0 Å². The fraction of sp³-hybridized carbons (Fsp3) is 0. The second kappa shape index (κ2) is 7.86. The Morgan fingerprint density at radius 2 is 1.12 bits per heavy atom. The van der Waals surface area contributed by atoms with Gasteiger partial charge in [-0.15, -0.1) is 0 Å². The molecule has 33 heavy (non-hydrogen) atoms. The van der Waals surface area contributed by atoms with Crippen LogP contribution in [0.5, 0.6) is 5.75 Å². The lowest BCUT2D eigenvalue weighted by atomic mass is 10.00. The first-order valence-corrected chi connectivity index (χ1v) is 11.8. The zero-order chi connectivity index (χ0) is 22.5. The number of benzene rings is 1. The largest absolute Gasteiger partial charge is 0.506 e. The van der Waals surface area contributed by atoms with Crippen molar-refractivity contribution in [1.29, 1.82) is 0 Å². The van der Waals surface area contributed by atoms with E-state index in [1.165, 1.54) is 0 Å². The van der Waals surface area contributed by atoms with Crippen LogP contribution in [-0.2, 0) is 0 Å². The Balaban J connectivity index is 1.52. The van der Waals surface area contributed by atoms with Crippen LogP contribution in [0.25, 0.3) is 5.57 Å². The van der Waals surface area contributed by atoms with Gasteiger partial charge in [-0.25, -0.2) is 20.0 Å². The standard InChI is InChI=1S/C26H14Br2N4O/c27-23-8-7-21(26(33)25(23)28)22-12-20-11-18-4-3-16(30-18)9-14-1-2-15(29-14)10-17-5-6-19(31-17)13-24(22)32-20/h1-13,33H. The lowest BCUT2D eigenvalue weighted by Gasteiger charge is -2.09. The molecule has 0 aromatic heterocycles. The van der Waals surface area contributed by atoms with Crippen LogP contribution in [0.1, 0.15) is 5.56 Å². The summed E-state index contributed by atoms with van der Waals surface area (Å²) in [7, 11) is 0. The number of fused-ring (bicyclic) bond motifs is 4. The van der Waals surface area contributed by atoms with Crippen LogP contribution in [0.2, 0.25) is 0 Å². The Kier molecular flexibility index (Phi) is 4.81. The third-order valence-corrected chi connectivity index (χ3v) is 7.39. The highest BCUT2D eigenvalue weighted by Crippen LogP contribution is 2.40. The number of rotatable bonds is 1. The zero-order valence-corrected chi connectivity index (χ0v) is 20.2. The van der Waals surface area contributed by atoms with Gasteiger partial charge in [0, 0.05) is 15.6 Å². The minimum absolute atomic E-state index is 0.148. The first-order chi connectivity index (χ1) is 16.0. The molecule has 0 atom stereocenters. The normalized spacial score (nSPS) is 20.0. The maximum atomic E-state index is 10.8. The summed E-state index contributed by atoms with van der Waals surface area (Å²) in [6, 6.07) is 3.76. The molecule has 6 rings (SSSR count). The number of halogens is 2. The topological polar surface area (TPSA) is 69.7 Å². The summed E-state index contributed by atoms with van der Waals surface area (Å²) in [5.41, 5.74) is 7.88. The molecule has 0 saturated carbocycles. The van der Waals surface area contributed by atoms with Gasteiger partial charge in [-0.05, 0) is 111 Å². The Hall–Kier alpha value is -3.42. The summed E-state index contributed by atoms with van der Waals surface area (Å²) in [6.07, 6.45) is 21.5. The highest BCUT2D eigenvalue weighted by Gasteiger charge is 2.22. The van der Waals surface area contributed by atoms with Crippen LogP contribution >= 0.6 is 31.9 Å². The van der Waals surface area contributed by atoms with Crippen LogP contribution in [0, 0.1) is 0 Å². The van der Waals surface area contributed by atoms with Gasteiger partial charge in [0.05, 0.1) is 50.1 Å². The van der Waals surface area contributed by atoms with Crippen LogP contribution in [-0.4, -0.2) is 28.0 Å². The Labute approximate surface area is 206 Å². The molecule has 5 nitrogen and oxygen atoms in total. The molecule has 5 heterocycles. The number of allylic oxidation sites excluding steroid dienone is 12. The fourth-order valence-electron chi connectivity index (χ4n) is 3.87. The summed E-state index contributed by atoms with van der Waals surface area (Å²) >= 11 is 6.89. The second-order valence-electron chi connectivity index (χ2n) is 7.70. The van der Waals surface area contributed by atoms with Gasteiger partial charge in [0.1, 0.15) is 5.75 Å². The van der Waals surface area contributed by atoms with Crippen molar-refractivity contribution in [3.8, 4) is 5.75 Å². The molecule has 0 spiro atoms. The highest BCUT2D eigenvalue weighted by atomic mass is 79.9. The lowest BCUT2D eigenvalue weighted by Crippen LogP contribution is -1.97. The fourth-order valence-corrected chi connectivity index (χ4v) is 4.54. The summed E-state index contributed by atoms with van der Waals surface area (Å²) in [4.78, 5) is 18.8. The maximum absolute atomic E-state index is 10.8. The van der Waals surface area contributed by atoms with E-state index in [9.17, 15) is 5.11 Å². The zero-order valence-electron chi connectivity index (χ0n) is 17.0. The van der Waals surface area contributed by atoms with Crippen molar-refractivity contribution in [3.05, 3.63) is 116 Å². The van der Waals surface area contributed by atoms with Crippen molar-refractivity contribution in [2.24, 2.45) is 20.0 Å². The van der Waals surface area contributed by atoms with Gasteiger partial charge in [-0.3, -0.25) is 0 Å². The Morgan fingerprint density at radius 1 is 0.576 bits per heavy atom. The SMILES string of the molecule is Oc1c(C2=CC3=CC4=NC(=CC5=NC(=CC6=NC(=CC2=N3)C=C6)C=C5)C=C4)ccc(Br)c1Br. The van der Waals surface area contributed by atoms with Crippen molar-refractivity contribution < 1.29 is 5.11 Å². The number of nitrogens with zero attached hydrogens (tertiary/aromatic N) is 4. The quantitative estimate of drug-likeness (QED) is 0.430. The highest BCUT2D eigenvalue weighted by molar-refractivity contribution is 9.13. The molecule has 7 heteroatoms. The van der Waals surface area contributed by atoms with Crippen molar-refractivity contribution in [2.45, 2.75) is 0 Å². The average molecular weight is 558 g/mol. The van der Waals surface area contributed by atoms with Gasteiger partial charge in [0.15, 0.2) is 0 Å². The monoisotopic (exact) mass is 556 g/mol. The van der Waals surface area contributed by atoms with Crippen LogP contribution in [0.4, 0.5) is 0 Å². The van der Waals surface area contributed by atoms with Gasteiger partial charge in [-0.1, -0.05) is 0 Å². The van der Waals surface area contributed by atoms with Gasteiger partial charge in [0.2, 0.25) is 0 Å². The van der Waals surface area contributed by atoms with Crippen LogP contribution in [0.3, 0.4) is 0 Å². The Bertz CT molecular complexity index is 1520. The molecule has 0 fully saturated rings. The third kappa shape index (κ3) is 3.83. The predicted octanol–water partition coefficient (Wildman–Crippen LogP) is 6.34. The van der Waals surface area contributed by atoms with Gasteiger partial charge < -0.3 is 5.11 Å². The molecule has 0 aliphatic carbocycles. The molecule has 1 N–H and O–H groups in total.